The number of nitrogens with zero attached hydrogens (tertiary/aromatic N) is 2. The van der Waals surface area contributed by atoms with E-state index in [0.29, 0.717) is 6.61 Å². The summed E-state index contributed by atoms with van der Waals surface area (Å²) in [4.78, 5) is 0. The molecule has 0 atom stereocenters. The molecular weight excluding hydrogens is 178 g/mol. The first-order valence-corrected chi connectivity index (χ1v) is 5.10. The molecule has 1 aromatic heterocycles. The van der Waals surface area contributed by atoms with Gasteiger partial charge in [0.25, 0.3) is 0 Å². The van der Waals surface area contributed by atoms with Crippen LogP contribution in [0.5, 0.6) is 0 Å². The van der Waals surface area contributed by atoms with E-state index in [1.165, 1.54) is 6.42 Å². The molecule has 1 aromatic rings. The van der Waals surface area contributed by atoms with Crippen LogP contribution in [-0.4, -0.2) is 29.5 Å². The maximum absolute atomic E-state index is 5.44. The second-order valence-electron chi connectivity index (χ2n) is 3.28. The second kappa shape index (κ2) is 6.56. The molecule has 80 valence electrons. The van der Waals surface area contributed by atoms with Gasteiger partial charge >= 0.3 is 0 Å². The largest absolute Gasteiger partial charge is 0.374 e. The Balaban J connectivity index is 1.99. The van der Waals surface area contributed by atoms with Gasteiger partial charge in [0.2, 0.25) is 0 Å². The summed E-state index contributed by atoms with van der Waals surface area (Å²) < 4.78 is 7.23. The lowest BCUT2D eigenvalue weighted by Gasteiger charge is -2.03. The van der Waals surface area contributed by atoms with Crippen LogP contribution in [0.1, 0.15) is 19.0 Å². The SMILES string of the molecule is CCCNCCOCc1ccn(C)n1. The maximum Gasteiger partial charge on any atom is 0.0907 e. The summed E-state index contributed by atoms with van der Waals surface area (Å²) in [6.07, 6.45) is 3.09. The first kappa shape index (κ1) is 11.2. The Labute approximate surface area is 85.3 Å². The van der Waals surface area contributed by atoms with Gasteiger partial charge in [-0.15, -0.1) is 0 Å². The lowest BCUT2D eigenvalue weighted by molar-refractivity contribution is 0.120. The Hall–Kier alpha value is -0.870. The zero-order valence-electron chi connectivity index (χ0n) is 8.99. The van der Waals surface area contributed by atoms with E-state index in [0.717, 1.165) is 25.4 Å². The molecule has 1 rings (SSSR count). The molecule has 0 amide bonds. The molecule has 1 heterocycles. The Kier molecular flexibility index (Phi) is 5.25. The van der Waals surface area contributed by atoms with Gasteiger partial charge in [-0.05, 0) is 19.0 Å². The van der Waals surface area contributed by atoms with Crippen LogP contribution in [-0.2, 0) is 18.4 Å². The quantitative estimate of drug-likeness (QED) is 0.661. The molecule has 0 fully saturated rings. The third kappa shape index (κ3) is 4.39. The molecule has 0 saturated heterocycles. The van der Waals surface area contributed by atoms with Gasteiger partial charge in [-0.25, -0.2) is 0 Å². The summed E-state index contributed by atoms with van der Waals surface area (Å²) >= 11 is 0. The minimum absolute atomic E-state index is 0.606. The topological polar surface area (TPSA) is 39.1 Å². The number of hydrogen-bond donors (Lipinski definition) is 1. The van der Waals surface area contributed by atoms with E-state index in [4.69, 9.17) is 4.74 Å². The van der Waals surface area contributed by atoms with Crippen molar-refractivity contribution >= 4 is 0 Å². The molecule has 0 aliphatic rings. The number of nitrogens with one attached hydrogen (secondary N) is 1. The number of ether oxygens (including phenoxy) is 1. The van der Waals surface area contributed by atoms with Crippen LogP contribution in [0.3, 0.4) is 0 Å². The predicted molar refractivity (Wildman–Crippen MR) is 56.0 cm³/mol. The van der Waals surface area contributed by atoms with E-state index in [-0.39, 0.29) is 0 Å². The fraction of sp³-hybridized carbons (Fsp3) is 0.700. The molecule has 4 heteroatoms. The summed E-state index contributed by atoms with van der Waals surface area (Å²) in [6, 6.07) is 1.97. The van der Waals surface area contributed by atoms with Crippen molar-refractivity contribution in [3.05, 3.63) is 18.0 Å². The van der Waals surface area contributed by atoms with Crippen LogP contribution < -0.4 is 5.32 Å². The molecule has 0 aliphatic heterocycles. The summed E-state index contributed by atoms with van der Waals surface area (Å²) in [6.45, 7) is 5.49. The number of aryl methyl sites for hydroxylation is 1. The van der Waals surface area contributed by atoms with Gasteiger partial charge in [0, 0.05) is 19.8 Å². The Morgan fingerprint density at radius 1 is 1.50 bits per heavy atom. The van der Waals surface area contributed by atoms with E-state index in [9.17, 15) is 0 Å². The minimum atomic E-state index is 0.606. The van der Waals surface area contributed by atoms with E-state index < -0.39 is 0 Å². The molecule has 1 N–H and O–H groups in total. The zero-order chi connectivity index (χ0) is 10.2. The van der Waals surface area contributed by atoms with Crippen molar-refractivity contribution in [2.75, 3.05) is 19.7 Å². The lowest BCUT2D eigenvalue weighted by Crippen LogP contribution is -2.20. The standard InChI is InChI=1S/C10H19N3O/c1-3-5-11-6-8-14-9-10-4-7-13(2)12-10/h4,7,11H,3,5-6,8-9H2,1-2H3. The summed E-state index contributed by atoms with van der Waals surface area (Å²) in [7, 11) is 1.91. The van der Waals surface area contributed by atoms with Gasteiger partial charge in [0.15, 0.2) is 0 Å². The Bertz CT molecular complexity index is 247. The Morgan fingerprint density at radius 2 is 2.36 bits per heavy atom. The first-order valence-electron chi connectivity index (χ1n) is 5.10. The molecular formula is C10H19N3O. The third-order valence-electron chi connectivity index (χ3n) is 1.87. The highest BCUT2D eigenvalue weighted by Gasteiger charge is 1.95. The summed E-state index contributed by atoms with van der Waals surface area (Å²) in [5.74, 6) is 0. The summed E-state index contributed by atoms with van der Waals surface area (Å²) in [5.41, 5.74) is 0.989. The molecule has 0 spiro atoms. The van der Waals surface area contributed by atoms with Gasteiger partial charge in [-0.3, -0.25) is 4.68 Å². The molecule has 14 heavy (non-hydrogen) atoms. The Morgan fingerprint density at radius 3 is 3.00 bits per heavy atom. The molecule has 0 saturated carbocycles. The second-order valence-corrected chi connectivity index (χ2v) is 3.28. The van der Waals surface area contributed by atoms with Crippen molar-refractivity contribution in [2.45, 2.75) is 20.0 Å². The van der Waals surface area contributed by atoms with Crippen molar-refractivity contribution < 1.29 is 4.74 Å². The van der Waals surface area contributed by atoms with Gasteiger partial charge in [-0.1, -0.05) is 6.92 Å². The third-order valence-corrected chi connectivity index (χ3v) is 1.87. The van der Waals surface area contributed by atoms with Gasteiger partial charge in [-0.2, -0.15) is 5.10 Å². The van der Waals surface area contributed by atoms with Gasteiger partial charge in [0.1, 0.15) is 0 Å². The molecule has 0 unspecified atom stereocenters. The molecule has 0 aliphatic carbocycles. The molecule has 0 aromatic carbocycles. The fourth-order valence-electron chi connectivity index (χ4n) is 1.16. The van der Waals surface area contributed by atoms with Crippen LogP contribution in [0, 0.1) is 0 Å². The van der Waals surface area contributed by atoms with E-state index in [1.54, 1.807) is 4.68 Å². The molecule has 0 radical (unpaired) electrons. The zero-order valence-corrected chi connectivity index (χ0v) is 8.99. The van der Waals surface area contributed by atoms with Crippen LogP contribution in [0.15, 0.2) is 12.3 Å². The van der Waals surface area contributed by atoms with E-state index >= 15 is 0 Å². The van der Waals surface area contributed by atoms with E-state index in [1.807, 2.05) is 19.3 Å². The fourth-order valence-corrected chi connectivity index (χ4v) is 1.16. The van der Waals surface area contributed by atoms with Crippen molar-refractivity contribution in [3.8, 4) is 0 Å². The van der Waals surface area contributed by atoms with Gasteiger partial charge in [0.05, 0.1) is 18.9 Å². The lowest BCUT2D eigenvalue weighted by atomic mass is 10.4. The predicted octanol–water partition coefficient (Wildman–Crippen LogP) is 0.936. The average Bonchev–Trinajstić information content (AvgIpc) is 2.58. The number of hydrogen-bond acceptors (Lipinski definition) is 3. The van der Waals surface area contributed by atoms with Crippen LogP contribution in [0.4, 0.5) is 0 Å². The highest BCUT2D eigenvalue weighted by molar-refractivity contribution is 4.96. The smallest absolute Gasteiger partial charge is 0.0907 e. The monoisotopic (exact) mass is 197 g/mol. The van der Waals surface area contributed by atoms with Crippen LogP contribution >= 0.6 is 0 Å². The molecule has 4 nitrogen and oxygen atoms in total. The van der Waals surface area contributed by atoms with Crippen LogP contribution in [0.25, 0.3) is 0 Å². The molecule has 0 bridgehead atoms. The summed E-state index contributed by atoms with van der Waals surface area (Å²) in [5, 5.41) is 7.49. The normalized spacial score (nSPS) is 10.7. The first-order chi connectivity index (χ1) is 6.83. The maximum atomic E-state index is 5.44. The average molecular weight is 197 g/mol. The van der Waals surface area contributed by atoms with Crippen molar-refractivity contribution in [1.82, 2.24) is 15.1 Å². The minimum Gasteiger partial charge on any atom is -0.374 e. The van der Waals surface area contributed by atoms with E-state index in [2.05, 4.69) is 17.3 Å². The van der Waals surface area contributed by atoms with Crippen molar-refractivity contribution in [1.29, 1.82) is 0 Å². The number of rotatable bonds is 7. The van der Waals surface area contributed by atoms with Crippen LogP contribution in [0.2, 0.25) is 0 Å². The number of aromatic nitrogens is 2. The van der Waals surface area contributed by atoms with Crippen molar-refractivity contribution in [3.63, 3.8) is 0 Å². The van der Waals surface area contributed by atoms with Gasteiger partial charge < -0.3 is 10.1 Å². The van der Waals surface area contributed by atoms with Crippen molar-refractivity contribution in [2.24, 2.45) is 7.05 Å². The highest BCUT2D eigenvalue weighted by atomic mass is 16.5. The highest BCUT2D eigenvalue weighted by Crippen LogP contribution is 1.95.